The molecule has 0 spiro atoms. The molecule has 0 bridgehead atoms. The number of benzene rings is 6. The van der Waals surface area contributed by atoms with Gasteiger partial charge in [0.25, 0.3) is 0 Å². The normalized spacial score (nSPS) is 11.1. The van der Waals surface area contributed by atoms with Gasteiger partial charge in [-0.3, -0.25) is 0 Å². The fourth-order valence-corrected chi connectivity index (χ4v) is 5.64. The first-order chi connectivity index (χ1) is 22.1. The second kappa shape index (κ2) is 13.8. The lowest BCUT2D eigenvalue weighted by Crippen LogP contribution is -2.09. The average molecular weight is 583 g/mol. The van der Waals surface area contributed by atoms with Crippen LogP contribution in [0.1, 0.15) is 27.8 Å². The Labute approximate surface area is 267 Å². The van der Waals surface area contributed by atoms with E-state index in [1.165, 1.54) is 28.0 Å². The Hall–Kier alpha value is -5.60. The predicted octanol–water partition coefficient (Wildman–Crippen LogP) is 11.1. The van der Waals surface area contributed by atoms with Crippen molar-refractivity contribution >= 4 is 33.9 Å². The quantitative estimate of drug-likeness (QED) is 0.156. The topological polar surface area (TPSA) is 6.48 Å². The van der Waals surface area contributed by atoms with E-state index < -0.39 is 0 Å². The van der Waals surface area contributed by atoms with E-state index in [9.17, 15) is 0 Å². The molecule has 0 heterocycles. The van der Waals surface area contributed by atoms with Gasteiger partial charge in [0.1, 0.15) is 0 Å². The van der Waals surface area contributed by atoms with E-state index in [1.54, 1.807) is 0 Å². The van der Waals surface area contributed by atoms with E-state index in [1.807, 2.05) is 6.07 Å². The standard InChI is InChI=1S/C43H38N2/c1-33-14-13-21-41(32-33)45(3)40-28-24-37(25-29-40)43(36-22-26-39(27-23-36)44(2)38-19-11-6-12-20-38)31-30-42(34-15-7-4-8-16-34)35-17-9-5-10-18-35/h4-32H,1-3H3. The molecule has 0 fully saturated rings. The first kappa shape index (κ1) is 29.5. The second-order valence-electron chi connectivity index (χ2n) is 11.3. The summed E-state index contributed by atoms with van der Waals surface area (Å²) in [5.74, 6) is 0. The Balaban J connectivity index is 1.41. The third-order valence-corrected chi connectivity index (χ3v) is 8.25. The Morgan fingerprint density at radius 2 is 0.733 bits per heavy atom. The highest BCUT2D eigenvalue weighted by atomic mass is 15.1. The average Bonchev–Trinajstić information content (AvgIpc) is 3.11. The van der Waals surface area contributed by atoms with Crippen molar-refractivity contribution in [1.29, 1.82) is 0 Å². The molecule has 2 heteroatoms. The first-order valence-corrected chi connectivity index (χ1v) is 15.4. The van der Waals surface area contributed by atoms with E-state index in [-0.39, 0.29) is 0 Å². The van der Waals surface area contributed by atoms with Gasteiger partial charge in [-0.25, -0.2) is 0 Å². The van der Waals surface area contributed by atoms with Crippen LogP contribution in [0, 0.1) is 6.92 Å². The van der Waals surface area contributed by atoms with Crippen LogP contribution in [0.3, 0.4) is 0 Å². The minimum atomic E-state index is 1.14. The maximum atomic E-state index is 2.27. The summed E-state index contributed by atoms with van der Waals surface area (Å²) < 4.78 is 0. The Bertz CT molecular complexity index is 1850. The second-order valence-corrected chi connectivity index (χ2v) is 11.3. The maximum Gasteiger partial charge on any atom is 0.0410 e. The smallest absolute Gasteiger partial charge is 0.0410 e. The number of anilines is 4. The molecule has 6 rings (SSSR count). The molecule has 45 heavy (non-hydrogen) atoms. The summed E-state index contributed by atoms with van der Waals surface area (Å²) in [5.41, 5.74) is 12.9. The van der Waals surface area contributed by atoms with Crippen LogP contribution in [-0.2, 0) is 0 Å². The minimum Gasteiger partial charge on any atom is -0.345 e. The molecule has 0 radical (unpaired) electrons. The van der Waals surface area contributed by atoms with Gasteiger partial charge in [-0.1, -0.05) is 127 Å². The van der Waals surface area contributed by atoms with Crippen LogP contribution in [0.15, 0.2) is 176 Å². The number of hydrogen-bond acceptors (Lipinski definition) is 2. The van der Waals surface area contributed by atoms with Crippen LogP contribution in [0.4, 0.5) is 22.7 Å². The highest BCUT2D eigenvalue weighted by Gasteiger charge is 2.11. The molecule has 0 aliphatic rings. The number of hydrogen-bond donors (Lipinski definition) is 0. The summed E-state index contributed by atoms with van der Waals surface area (Å²) in [6, 6.07) is 58.1. The van der Waals surface area contributed by atoms with Crippen LogP contribution in [0.25, 0.3) is 11.1 Å². The molecule has 0 saturated carbocycles. The van der Waals surface area contributed by atoms with Crippen LogP contribution in [0.5, 0.6) is 0 Å². The summed E-state index contributed by atoms with van der Waals surface area (Å²) in [6.07, 6.45) is 4.53. The molecule has 6 aromatic rings. The van der Waals surface area contributed by atoms with Crippen molar-refractivity contribution in [3.05, 3.63) is 204 Å². The minimum absolute atomic E-state index is 1.14. The highest BCUT2D eigenvalue weighted by Crippen LogP contribution is 2.32. The van der Waals surface area contributed by atoms with E-state index in [0.717, 1.165) is 33.8 Å². The number of nitrogens with zero attached hydrogens (tertiary/aromatic N) is 2. The molecule has 0 aliphatic heterocycles. The SMILES string of the molecule is Cc1cccc(N(C)c2ccc(C(=CC=C(c3ccccc3)c3ccccc3)c3ccc(N(C)c4ccccc4)cc3)cc2)c1. The monoisotopic (exact) mass is 582 g/mol. The lowest BCUT2D eigenvalue weighted by Gasteiger charge is -2.21. The van der Waals surface area contributed by atoms with E-state index in [0.29, 0.717) is 0 Å². The van der Waals surface area contributed by atoms with Gasteiger partial charge >= 0.3 is 0 Å². The van der Waals surface area contributed by atoms with Gasteiger partial charge in [0, 0.05) is 36.8 Å². The zero-order chi connectivity index (χ0) is 31.0. The summed E-state index contributed by atoms with van der Waals surface area (Å²) in [6.45, 7) is 2.13. The van der Waals surface area contributed by atoms with Crippen molar-refractivity contribution in [1.82, 2.24) is 0 Å². The van der Waals surface area contributed by atoms with E-state index in [2.05, 4.69) is 201 Å². The van der Waals surface area contributed by atoms with Gasteiger partial charge in [0.05, 0.1) is 0 Å². The fraction of sp³-hybridized carbons (Fsp3) is 0.0698. The summed E-state index contributed by atoms with van der Waals surface area (Å²) >= 11 is 0. The maximum absolute atomic E-state index is 2.27. The van der Waals surface area contributed by atoms with E-state index in [4.69, 9.17) is 0 Å². The number of rotatable bonds is 9. The molecule has 0 aromatic heterocycles. The summed E-state index contributed by atoms with van der Waals surface area (Å²) in [5, 5.41) is 0. The van der Waals surface area contributed by atoms with Crippen molar-refractivity contribution in [2.75, 3.05) is 23.9 Å². The number of aryl methyl sites for hydroxylation is 1. The zero-order valence-electron chi connectivity index (χ0n) is 26.1. The molecule has 0 aliphatic carbocycles. The largest absolute Gasteiger partial charge is 0.345 e. The molecule has 0 amide bonds. The van der Waals surface area contributed by atoms with Crippen molar-refractivity contribution in [3.63, 3.8) is 0 Å². The highest BCUT2D eigenvalue weighted by molar-refractivity contribution is 5.87. The number of allylic oxidation sites excluding steroid dienone is 2. The van der Waals surface area contributed by atoms with Gasteiger partial charge in [-0.05, 0) is 94.4 Å². The molecular formula is C43H38N2. The van der Waals surface area contributed by atoms with Crippen LogP contribution >= 0.6 is 0 Å². The zero-order valence-corrected chi connectivity index (χ0v) is 26.1. The third-order valence-electron chi connectivity index (χ3n) is 8.25. The number of para-hydroxylation sites is 1. The van der Waals surface area contributed by atoms with Crippen LogP contribution in [-0.4, -0.2) is 14.1 Å². The van der Waals surface area contributed by atoms with Gasteiger partial charge in [-0.2, -0.15) is 0 Å². The Morgan fingerprint density at radius 1 is 0.378 bits per heavy atom. The predicted molar refractivity (Wildman–Crippen MR) is 194 cm³/mol. The lowest BCUT2D eigenvalue weighted by atomic mass is 9.93. The van der Waals surface area contributed by atoms with E-state index >= 15 is 0 Å². The molecule has 0 N–H and O–H groups in total. The van der Waals surface area contributed by atoms with Gasteiger partial charge in [-0.15, -0.1) is 0 Å². The molecule has 6 aromatic carbocycles. The molecule has 0 atom stereocenters. The van der Waals surface area contributed by atoms with Gasteiger partial charge < -0.3 is 9.80 Å². The Morgan fingerprint density at radius 3 is 1.18 bits per heavy atom. The molecule has 0 saturated heterocycles. The molecule has 2 nitrogen and oxygen atoms in total. The summed E-state index contributed by atoms with van der Waals surface area (Å²) in [4.78, 5) is 4.45. The van der Waals surface area contributed by atoms with Crippen molar-refractivity contribution in [2.24, 2.45) is 0 Å². The molecular weight excluding hydrogens is 544 g/mol. The fourth-order valence-electron chi connectivity index (χ4n) is 5.64. The first-order valence-electron chi connectivity index (χ1n) is 15.4. The lowest BCUT2D eigenvalue weighted by molar-refractivity contribution is 1.20. The summed E-state index contributed by atoms with van der Waals surface area (Å²) in [7, 11) is 4.23. The van der Waals surface area contributed by atoms with Crippen molar-refractivity contribution in [2.45, 2.75) is 6.92 Å². The van der Waals surface area contributed by atoms with Crippen LogP contribution in [0.2, 0.25) is 0 Å². The molecule has 220 valence electrons. The van der Waals surface area contributed by atoms with Gasteiger partial charge in [0.15, 0.2) is 0 Å². The third kappa shape index (κ3) is 6.98. The molecule has 0 unspecified atom stereocenters. The van der Waals surface area contributed by atoms with Gasteiger partial charge in [0.2, 0.25) is 0 Å². The van der Waals surface area contributed by atoms with Crippen molar-refractivity contribution in [3.8, 4) is 0 Å². The van der Waals surface area contributed by atoms with Crippen LogP contribution < -0.4 is 9.80 Å². The van der Waals surface area contributed by atoms with Crippen molar-refractivity contribution < 1.29 is 0 Å². The Kier molecular flexibility index (Phi) is 9.03.